The fraction of sp³-hybridized carbons (Fsp3) is 0.308. The Hall–Kier alpha value is -0.790. The summed E-state index contributed by atoms with van der Waals surface area (Å²) in [5.41, 5.74) is 2.04. The van der Waals surface area contributed by atoms with Gasteiger partial charge in [-0.25, -0.2) is 4.98 Å². The number of alkyl halides is 2. The lowest BCUT2D eigenvalue weighted by atomic mass is 10.2. The molecule has 2 nitrogen and oxygen atoms in total. The summed E-state index contributed by atoms with van der Waals surface area (Å²) < 4.78 is 31.0. The molecule has 2 rings (SSSR count). The number of benzene rings is 1. The minimum Gasteiger partial charge on any atom is -0.496 e. The summed E-state index contributed by atoms with van der Waals surface area (Å²) in [6, 6.07) is 5.33. The van der Waals surface area contributed by atoms with Gasteiger partial charge in [-0.15, -0.1) is 11.3 Å². The Morgan fingerprint density at radius 3 is 2.80 bits per heavy atom. The minimum absolute atomic E-state index is 0.460. The number of nitrogens with zero attached hydrogens (tertiary/aromatic N) is 1. The second-order valence-corrected chi connectivity index (χ2v) is 7.02. The lowest BCUT2D eigenvalue weighted by Gasteiger charge is -2.09. The number of halogens is 2. The maximum atomic E-state index is 12.4. The molecule has 108 valence electrons. The van der Waals surface area contributed by atoms with Crippen LogP contribution in [0, 0.1) is 6.92 Å². The molecule has 2 aromatic rings. The smallest absolute Gasteiger partial charge is 0.289 e. The van der Waals surface area contributed by atoms with Gasteiger partial charge >= 0.3 is 0 Å². The molecule has 0 atom stereocenters. The molecule has 0 aliphatic heterocycles. The van der Waals surface area contributed by atoms with Gasteiger partial charge in [0.1, 0.15) is 10.1 Å². The molecule has 0 aliphatic carbocycles. The van der Waals surface area contributed by atoms with Gasteiger partial charge in [-0.3, -0.25) is 0 Å². The van der Waals surface area contributed by atoms with Gasteiger partial charge in [0, 0.05) is 16.8 Å². The van der Waals surface area contributed by atoms with Crippen LogP contribution in [0.15, 0.2) is 32.8 Å². The third kappa shape index (κ3) is 4.36. The number of thiazole rings is 1. The number of hydrogen-bond acceptors (Lipinski definition) is 5. The maximum absolute atomic E-state index is 12.4. The molecule has 0 radical (unpaired) electrons. The molecule has 0 bridgehead atoms. The van der Waals surface area contributed by atoms with Gasteiger partial charge in [-0.05, 0) is 24.6 Å². The lowest BCUT2D eigenvalue weighted by molar-refractivity contribution is 0.251. The molecule has 0 amide bonds. The average molecular weight is 333 g/mol. The van der Waals surface area contributed by atoms with Gasteiger partial charge in [0.15, 0.2) is 0 Å². The number of hydrogen-bond donors (Lipinski definition) is 0. The molecule has 1 heterocycles. The first-order valence-corrected chi connectivity index (χ1v) is 8.49. The van der Waals surface area contributed by atoms with Crippen molar-refractivity contribution in [2.45, 2.75) is 27.7 Å². The highest BCUT2D eigenvalue weighted by atomic mass is 32.2. The van der Waals surface area contributed by atoms with E-state index in [1.165, 1.54) is 7.11 Å². The Morgan fingerprint density at radius 2 is 2.20 bits per heavy atom. The molecule has 0 spiro atoms. The molecule has 0 unspecified atom stereocenters. The van der Waals surface area contributed by atoms with E-state index in [2.05, 4.69) is 4.98 Å². The second-order valence-electron chi connectivity index (χ2n) is 3.91. The highest BCUT2D eigenvalue weighted by molar-refractivity contribution is 8.00. The third-order valence-corrected chi connectivity index (χ3v) is 5.38. The van der Waals surface area contributed by atoms with Crippen molar-refractivity contribution in [1.82, 2.24) is 4.98 Å². The summed E-state index contributed by atoms with van der Waals surface area (Å²) in [5.74, 6) is -1.21. The van der Waals surface area contributed by atoms with Crippen LogP contribution < -0.4 is 4.74 Å². The van der Waals surface area contributed by atoms with E-state index in [-0.39, 0.29) is 0 Å². The maximum Gasteiger partial charge on any atom is 0.289 e. The van der Waals surface area contributed by atoms with E-state index in [0.717, 1.165) is 21.3 Å². The summed E-state index contributed by atoms with van der Waals surface area (Å²) in [6.45, 7) is 1.96. The molecule has 0 fully saturated rings. The number of aromatic nitrogens is 1. The standard InChI is InChI=1S/C13H13F2NOS3/c1-8-6-18-13(16-8)19-7-9-3-4-11(20-12(14)15)10(5-9)17-2/h3-6,12H,7H2,1-2H3. The van der Waals surface area contributed by atoms with Crippen molar-refractivity contribution in [3.63, 3.8) is 0 Å². The molecular formula is C13H13F2NOS3. The number of thioether (sulfide) groups is 2. The summed E-state index contributed by atoms with van der Waals surface area (Å²) in [4.78, 5) is 4.83. The molecule has 1 aromatic carbocycles. The second kappa shape index (κ2) is 7.28. The van der Waals surface area contributed by atoms with Crippen molar-refractivity contribution in [3.8, 4) is 5.75 Å². The van der Waals surface area contributed by atoms with Crippen LogP contribution >= 0.6 is 34.9 Å². The normalized spacial score (nSPS) is 11.1. The quantitative estimate of drug-likeness (QED) is 0.688. The summed E-state index contributed by atoms with van der Waals surface area (Å²) >= 11 is 3.74. The van der Waals surface area contributed by atoms with Crippen molar-refractivity contribution < 1.29 is 13.5 Å². The van der Waals surface area contributed by atoms with Gasteiger partial charge in [0.2, 0.25) is 0 Å². The average Bonchev–Trinajstić information content (AvgIpc) is 2.83. The van der Waals surface area contributed by atoms with E-state index >= 15 is 0 Å². The van der Waals surface area contributed by atoms with E-state index in [1.807, 2.05) is 18.4 Å². The van der Waals surface area contributed by atoms with Crippen molar-refractivity contribution in [3.05, 3.63) is 34.8 Å². The van der Waals surface area contributed by atoms with Crippen molar-refractivity contribution >= 4 is 34.9 Å². The first kappa shape index (κ1) is 15.6. The largest absolute Gasteiger partial charge is 0.496 e. The molecular weight excluding hydrogens is 320 g/mol. The summed E-state index contributed by atoms with van der Waals surface area (Å²) in [6.07, 6.45) is 0. The fourth-order valence-corrected chi connectivity index (χ4v) is 3.93. The predicted molar refractivity (Wildman–Crippen MR) is 81.3 cm³/mol. The lowest BCUT2D eigenvalue weighted by Crippen LogP contribution is -1.91. The Kier molecular flexibility index (Phi) is 5.68. The van der Waals surface area contributed by atoms with Crippen LogP contribution in [-0.2, 0) is 5.75 Å². The van der Waals surface area contributed by atoms with Crippen molar-refractivity contribution in [2.75, 3.05) is 7.11 Å². The molecule has 0 N–H and O–H groups in total. The van der Waals surface area contributed by atoms with Crippen LogP contribution in [0.2, 0.25) is 0 Å². The number of methoxy groups -OCH3 is 1. The molecule has 7 heteroatoms. The Bertz CT molecular complexity index is 574. The SMILES string of the molecule is COc1cc(CSc2nc(C)cs2)ccc1SC(F)F. The molecule has 0 saturated heterocycles. The molecule has 1 aromatic heterocycles. The van der Waals surface area contributed by atoms with Gasteiger partial charge in [-0.2, -0.15) is 8.78 Å². The number of ether oxygens (including phenoxy) is 1. The minimum atomic E-state index is -2.44. The predicted octanol–water partition coefficient (Wildman–Crippen LogP) is 5.07. The first-order chi connectivity index (χ1) is 9.58. The first-order valence-electron chi connectivity index (χ1n) is 5.75. The van der Waals surface area contributed by atoms with Gasteiger partial charge in [0.25, 0.3) is 5.76 Å². The van der Waals surface area contributed by atoms with E-state index in [1.54, 1.807) is 35.2 Å². The van der Waals surface area contributed by atoms with Gasteiger partial charge in [0.05, 0.1) is 12.0 Å². The number of aryl methyl sites for hydroxylation is 1. The van der Waals surface area contributed by atoms with Crippen LogP contribution in [0.5, 0.6) is 5.75 Å². The Morgan fingerprint density at radius 1 is 1.40 bits per heavy atom. The van der Waals surface area contributed by atoms with Crippen molar-refractivity contribution in [2.24, 2.45) is 0 Å². The molecule has 0 saturated carbocycles. The Balaban J connectivity index is 2.05. The third-order valence-electron chi connectivity index (χ3n) is 2.40. The van der Waals surface area contributed by atoms with E-state index in [4.69, 9.17) is 4.74 Å². The highest BCUT2D eigenvalue weighted by Gasteiger charge is 2.11. The fourth-order valence-electron chi connectivity index (χ4n) is 1.54. The van der Waals surface area contributed by atoms with Gasteiger partial charge in [-0.1, -0.05) is 29.6 Å². The topological polar surface area (TPSA) is 22.1 Å². The van der Waals surface area contributed by atoms with Crippen LogP contribution in [0.4, 0.5) is 8.78 Å². The molecule has 20 heavy (non-hydrogen) atoms. The van der Waals surface area contributed by atoms with E-state index in [0.29, 0.717) is 22.4 Å². The van der Waals surface area contributed by atoms with Crippen molar-refractivity contribution in [1.29, 1.82) is 0 Å². The van der Waals surface area contributed by atoms with Gasteiger partial charge < -0.3 is 4.74 Å². The molecule has 0 aliphatic rings. The van der Waals surface area contributed by atoms with Crippen LogP contribution in [0.1, 0.15) is 11.3 Å². The van der Waals surface area contributed by atoms with Crippen LogP contribution in [0.3, 0.4) is 0 Å². The van der Waals surface area contributed by atoms with Crippen LogP contribution in [0.25, 0.3) is 0 Å². The monoisotopic (exact) mass is 333 g/mol. The van der Waals surface area contributed by atoms with E-state index in [9.17, 15) is 8.78 Å². The Labute approximate surface area is 128 Å². The zero-order chi connectivity index (χ0) is 14.5. The number of rotatable bonds is 6. The van der Waals surface area contributed by atoms with Crippen LogP contribution in [-0.4, -0.2) is 17.9 Å². The van der Waals surface area contributed by atoms with E-state index < -0.39 is 5.76 Å². The summed E-state index contributed by atoms with van der Waals surface area (Å²) in [5, 5.41) is 2.01. The zero-order valence-corrected chi connectivity index (χ0v) is 13.4. The highest BCUT2D eigenvalue weighted by Crippen LogP contribution is 2.35. The summed E-state index contributed by atoms with van der Waals surface area (Å²) in [7, 11) is 1.49. The zero-order valence-electron chi connectivity index (χ0n) is 10.9.